The number of fused-ring (bicyclic) bond motifs is 1. The standard InChI is InChI=1S/C8H6ClN3/c9-6-1-2-11-7-3-5(10)4-12-8(6)7/h1-4H,10H2. The Bertz CT molecular complexity index is 428. The monoisotopic (exact) mass is 179 g/mol. The van der Waals surface area contributed by atoms with Crippen molar-refractivity contribution in [2.24, 2.45) is 0 Å². The van der Waals surface area contributed by atoms with Crippen LogP contribution in [0.2, 0.25) is 5.02 Å². The molecule has 0 bridgehead atoms. The van der Waals surface area contributed by atoms with Crippen molar-refractivity contribution in [3.63, 3.8) is 0 Å². The molecular weight excluding hydrogens is 174 g/mol. The highest BCUT2D eigenvalue weighted by molar-refractivity contribution is 6.34. The third-order valence-electron chi connectivity index (χ3n) is 1.55. The highest BCUT2D eigenvalue weighted by Crippen LogP contribution is 2.19. The number of rotatable bonds is 0. The zero-order valence-electron chi connectivity index (χ0n) is 6.16. The van der Waals surface area contributed by atoms with E-state index in [2.05, 4.69) is 9.97 Å². The summed E-state index contributed by atoms with van der Waals surface area (Å²) in [7, 11) is 0. The molecule has 3 nitrogen and oxygen atoms in total. The van der Waals surface area contributed by atoms with Crippen molar-refractivity contribution in [3.05, 3.63) is 29.5 Å². The second-order valence-electron chi connectivity index (χ2n) is 2.43. The molecule has 0 spiro atoms. The lowest BCUT2D eigenvalue weighted by atomic mass is 10.3. The summed E-state index contributed by atoms with van der Waals surface area (Å²) in [5, 5.41) is 0.597. The zero-order chi connectivity index (χ0) is 8.55. The Hall–Kier alpha value is -1.35. The maximum absolute atomic E-state index is 5.87. The third-order valence-corrected chi connectivity index (χ3v) is 1.85. The van der Waals surface area contributed by atoms with Crippen LogP contribution in [-0.4, -0.2) is 9.97 Å². The van der Waals surface area contributed by atoms with Gasteiger partial charge in [0.1, 0.15) is 5.52 Å². The normalized spacial score (nSPS) is 10.4. The van der Waals surface area contributed by atoms with E-state index in [9.17, 15) is 0 Å². The van der Waals surface area contributed by atoms with E-state index in [1.165, 1.54) is 0 Å². The van der Waals surface area contributed by atoms with E-state index >= 15 is 0 Å². The van der Waals surface area contributed by atoms with Crippen LogP contribution in [0.4, 0.5) is 5.69 Å². The Morgan fingerprint density at radius 3 is 3.00 bits per heavy atom. The van der Waals surface area contributed by atoms with Gasteiger partial charge in [-0.2, -0.15) is 0 Å². The summed E-state index contributed by atoms with van der Waals surface area (Å²) in [4.78, 5) is 8.14. The third kappa shape index (κ3) is 1.08. The predicted molar refractivity (Wildman–Crippen MR) is 49.0 cm³/mol. The summed E-state index contributed by atoms with van der Waals surface area (Å²) in [5.41, 5.74) is 7.54. The van der Waals surface area contributed by atoms with Crippen molar-refractivity contribution in [2.45, 2.75) is 0 Å². The van der Waals surface area contributed by atoms with Crippen LogP contribution in [0, 0.1) is 0 Å². The van der Waals surface area contributed by atoms with Crippen LogP contribution in [0.3, 0.4) is 0 Å². The Kier molecular flexibility index (Phi) is 1.59. The summed E-state index contributed by atoms with van der Waals surface area (Å²) in [6, 6.07) is 3.45. The number of anilines is 1. The molecule has 0 unspecified atom stereocenters. The zero-order valence-corrected chi connectivity index (χ0v) is 6.92. The summed E-state index contributed by atoms with van der Waals surface area (Å²) in [6.07, 6.45) is 3.20. The molecule has 0 saturated carbocycles. The number of halogens is 1. The molecular formula is C8H6ClN3. The van der Waals surface area contributed by atoms with Crippen LogP contribution in [0.15, 0.2) is 24.5 Å². The van der Waals surface area contributed by atoms with E-state index in [1.807, 2.05) is 0 Å². The molecule has 0 saturated heterocycles. The second kappa shape index (κ2) is 2.60. The van der Waals surface area contributed by atoms with Crippen molar-refractivity contribution >= 4 is 28.3 Å². The van der Waals surface area contributed by atoms with E-state index in [0.717, 1.165) is 5.52 Å². The molecule has 0 radical (unpaired) electrons. The largest absolute Gasteiger partial charge is 0.397 e. The average Bonchev–Trinajstić information content (AvgIpc) is 2.04. The number of nitrogens with zero attached hydrogens (tertiary/aromatic N) is 2. The first kappa shape index (κ1) is 7.31. The molecule has 0 aromatic carbocycles. The molecule has 0 aliphatic heterocycles. The molecule has 60 valence electrons. The van der Waals surface area contributed by atoms with Crippen molar-refractivity contribution in [3.8, 4) is 0 Å². The maximum atomic E-state index is 5.87. The molecule has 2 heterocycles. The quantitative estimate of drug-likeness (QED) is 0.672. The predicted octanol–water partition coefficient (Wildman–Crippen LogP) is 1.87. The Labute approximate surface area is 74.2 Å². The van der Waals surface area contributed by atoms with Crippen LogP contribution >= 0.6 is 11.6 Å². The van der Waals surface area contributed by atoms with Gasteiger partial charge in [-0.1, -0.05) is 11.6 Å². The van der Waals surface area contributed by atoms with E-state index < -0.39 is 0 Å². The molecule has 0 amide bonds. The minimum atomic E-state index is 0.595. The van der Waals surface area contributed by atoms with Crippen LogP contribution in [0.25, 0.3) is 11.0 Å². The molecule has 2 aromatic heterocycles. The van der Waals surface area contributed by atoms with Crippen molar-refractivity contribution in [2.75, 3.05) is 5.73 Å². The maximum Gasteiger partial charge on any atom is 0.107 e. The first-order chi connectivity index (χ1) is 5.77. The minimum absolute atomic E-state index is 0.595. The fraction of sp³-hybridized carbons (Fsp3) is 0. The first-order valence-electron chi connectivity index (χ1n) is 3.43. The van der Waals surface area contributed by atoms with Crippen molar-refractivity contribution < 1.29 is 0 Å². The van der Waals surface area contributed by atoms with Crippen LogP contribution in [-0.2, 0) is 0 Å². The number of hydrogen-bond acceptors (Lipinski definition) is 3. The average molecular weight is 180 g/mol. The van der Waals surface area contributed by atoms with Gasteiger partial charge in [0.2, 0.25) is 0 Å². The number of aromatic nitrogens is 2. The first-order valence-corrected chi connectivity index (χ1v) is 3.81. The van der Waals surface area contributed by atoms with Crippen molar-refractivity contribution in [1.82, 2.24) is 9.97 Å². The summed E-state index contributed by atoms with van der Waals surface area (Å²) < 4.78 is 0. The lowest BCUT2D eigenvalue weighted by Crippen LogP contribution is -1.88. The van der Waals surface area contributed by atoms with Crippen molar-refractivity contribution in [1.29, 1.82) is 0 Å². The Balaban J connectivity index is 2.86. The summed E-state index contributed by atoms with van der Waals surface area (Å²) >= 11 is 5.87. The molecule has 12 heavy (non-hydrogen) atoms. The smallest absolute Gasteiger partial charge is 0.107 e. The second-order valence-corrected chi connectivity index (χ2v) is 2.84. The van der Waals surface area contributed by atoms with Crippen LogP contribution < -0.4 is 5.73 Å². The molecule has 2 N–H and O–H groups in total. The van der Waals surface area contributed by atoms with Gasteiger partial charge >= 0.3 is 0 Å². The number of nitrogen functional groups attached to an aromatic ring is 1. The van der Waals surface area contributed by atoms with E-state index in [0.29, 0.717) is 16.2 Å². The highest BCUT2D eigenvalue weighted by Gasteiger charge is 1.99. The van der Waals surface area contributed by atoms with Crippen LogP contribution in [0.5, 0.6) is 0 Å². The number of pyridine rings is 2. The molecule has 0 aliphatic rings. The van der Waals surface area contributed by atoms with Gasteiger partial charge in [0.25, 0.3) is 0 Å². The molecule has 0 fully saturated rings. The molecule has 0 aliphatic carbocycles. The van der Waals surface area contributed by atoms with Crippen LogP contribution in [0.1, 0.15) is 0 Å². The van der Waals surface area contributed by atoms with Gasteiger partial charge in [0.05, 0.1) is 22.4 Å². The molecule has 2 rings (SSSR count). The van der Waals surface area contributed by atoms with Gasteiger partial charge in [-0.25, -0.2) is 0 Å². The SMILES string of the molecule is Nc1cnc2c(Cl)ccnc2c1. The lowest BCUT2D eigenvalue weighted by Gasteiger charge is -1.98. The van der Waals surface area contributed by atoms with E-state index in [-0.39, 0.29) is 0 Å². The number of hydrogen-bond donors (Lipinski definition) is 1. The number of nitrogens with two attached hydrogens (primary N) is 1. The van der Waals surface area contributed by atoms with E-state index in [4.69, 9.17) is 17.3 Å². The molecule has 2 aromatic rings. The van der Waals surface area contributed by atoms with Gasteiger partial charge < -0.3 is 5.73 Å². The van der Waals surface area contributed by atoms with Gasteiger partial charge in [-0.3, -0.25) is 9.97 Å². The van der Waals surface area contributed by atoms with E-state index in [1.54, 1.807) is 24.5 Å². The highest BCUT2D eigenvalue weighted by atomic mass is 35.5. The Morgan fingerprint density at radius 2 is 2.17 bits per heavy atom. The topological polar surface area (TPSA) is 51.8 Å². The molecule has 4 heteroatoms. The Morgan fingerprint density at radius 1 is 1.33 bits per heavy atom. The summed E-state index contributed by atoms with van der Waals surface area (Å²) in [5.74, 6) is 0. The van der Waals surface area contributed by atoms with Gasteiger partial charge in [-0.15, -0.1) is 0 Å². The van der Waals surface area contributed by atoms with Gasteiger partial charge in [0.15, 0.2) is 0 Å². The minimum Gasteiger partial charge on any atom is -0.397 e. The molecule has 0 atom stereocenters. The summed E-state index contributed by atoms with van der Waals surface area (Å²) in [6.45, 7) is 0. The lowest BCUT2D eigenvalue weighted by molar-refractivity contribution is 1.34. The fourth-order valence-electron chi connectivity index (χ4n) is 1.01. The van der Waals surface area contributed by atoms with Gasteiger partial charge in [0, 0.05) is 6.20 Å². The fourth-order valence-corrected chi connectivity index (χ4v) is 1.22. The van der Waals surface area contributed by atoms with Gasteiger partial charge in [-0.05, 0) is 12.1 Å².